The van der Waals surface area contributed by atoms with Crippen molar-refractivity contribution < 1.29 is 4.74 Å². The fourth-order valence-corrected chi connectivity index (χ4v) is 1.57. The van der Waals surface area contributed by atoms with E-state index in [-0.39, 0.29) is 0 Å². The zero-order valence-electron chi connectivity index (χ0n) is 7.83. The summed E-state index contributed by atoms with van der Waals surface area (Å²) in [6.45, 7) is 0. The molecule has 0 aliphatic rings. The third-order valence-corrected chi connectivity index (χ3v) is 2.36. The van der Waals surface area contributed by atoms with Crippen LogP contribution in [0.5, 0.6) is 5.75 Å². The summed E-state index contributed by atoms with van der Waals surface area (Å²) < 4.78 is 5.27. The standard InChI is InChI=1S/C11H10ClNO/c1-14-11-6-8(7-12)13-10-5-3-2-4-9(10)11/h2-6H,7H2,1H3. The number of hydrogen-bond donors (Lipinski definition) is 0. The van der Waals surface area contributed by atoms with Gasteiger partial charge >= 0.3 is 0 Å². The van der Waals surface area contributed by atoms with Crippen LogP contribution in [0.2, 0.25) is 0 Å². The minimum absolute atomic E-state index is 0.404. The van der Waals surface area contributed by atoms with Crippen LogP contribution in [0.1, 0.15) is 5.69 Å². The molecule has 2 nitrogen and oxygen atoms in total. The van der Waals surface area contributed by atoms with Crippen molar-refractivity contribution in [3.8, 4) is 5.75 Å². The van der Waals surface area contributed by atoms with Gasteiger partial charge in [0.15, 0.2) is 0 Å². The summed E-state index contributed by atoms with van der Waals surface area (Å²) >= 11 is 5.74. The van der Waals surface area contributed by atoms with Crippen LogP contribution < -0.4 is 4.74 Å². The second-order valence-corrected chi connectivity index (χ2v) is 3.23. The summed E-state index contributed by atoms with van der Waals surface area (Å²) in [5.74, 6) is 1.23. The predicted octanol–water partition coefficient (Wildman–Crippen LogP) is 2.98. The van der Waals surface area contributed by atoms with Crippen LogP contribution >= 0.6 is 11.6 Å². The van der Waals surface area contributed by atoms with E-state index in [0.29, 0.717) is 5.88 Å². The molecule has 0 saturated carbocycles. The van der Waals surface area contributed by atoms with Crippen molar-refractivity contribution in [3.05, 3.63) is 36.0 Å². The van der Waals surface area contributed by atoms with Crippen LogP contribution in [-0.2, 0) is 5.88 Å². The van der Waals surface area contributed by atoms with Crippen molar-refractivity contribution in [1.29, 1.82) is 0 Å². The molecular weight excluding hydrogens is 198 g/mol. The summed E-state index contributed by atoms with van der Waals surface area (Å²) in [6, 6.07) is 9.72. The maximum Gasteiger partial charge on any atom is 0.130 e. The smallest absolute Gasteiger partial charge is 0.130 e. The quantitative estimate of drug-likeness (QED) is 0.707. The normalized spacial score (nSPS) is 10.4. The number of benzene rings is 1. The molecular formula is C11H10ClNO. The first-order chi connectivity index (χ1) is 6.85. The molecule has 14 heavy (non-hydrogen) atoms. The zero-order valence-corrected chi connectivity index (χ0v) is 8.58. The van der Waals surface area contributed by atoms with E-state index < -0.39 is 0 Å². The van der Waals surface area contributed by atoms with Crippen molar-refractivity contribution in [1.82, 2.24) is 4.98 Å². The average molecular weight is 208 g/mol. The third kappa shape index (κ3) is 1.53. The Morgan fingerprint density at radius 2 is 2.14 bits per heavy atom. The number of ether oxygens (including phenoxy) is 1. The maximum absolute atomic E-state index is 5.74. The number of aromatic nitrogens is 1. The van der Waals surface area contributed by atoms with Crippen molar-refractivity contribution in [2.45, 2.75) is 5.88 Å². The summed E-state index contributed by atoms with van der Waals surface area (Å²) in [4.78, 5) is 4.39. The summed E-state index contributed by atoms with van der Waals surface area (Å²) in [5, 5.41) is 1.02. The Morgan fingerprint density at radius 3 is 2.86 bits per heavy atom. The van der Waals surface area contributed by atoms with E-state index in [2.05, 4.69) is 4.98 Å². The van der Waals surface area contributed by atoms with E-state index in [1.807, 2.05) is 30.3 Å². The topological polar surface area (TPSA) is 22.1 Å². The van der Waals surface area contributed by atoms with Crippen LogP contribution in [0.15, 0.2) is 30.3 Å². The molecule has 0 unspecified atom stereocenters. The van der Waals surface area contributed by atoms with Crippen LogP contribution in [0, 0.1) is 0 Å². The molecule has 0 aliphatic heterocycles. The third-order valence-electron chi connectivity index (χ3n) is 2.09. The highest BCUT2D eigenvalue weighted by Gasteiger charge is 2.04. The second-order valence-electron chi connectivity index (χ2n) is 2.97. The van der Waals surface area contributed by atoms with Crippen molar-refractivity contribution >= 4 is 22.5 Å². The van der Waals surface area contributed by atoms with Crippen molar-refractivity contribution in [3.63, 3.8) is 0 Å². The van der Waals surface area contributed by atoms with Gasteiger partial charge in [-0.3, -0.25) is 4.98 Å². The fraction of sp³-hybridized carbons (Fsp3) is 0.182. The number of pyridine rings is 1. The molecule has 0 bridgehead atoms. The van der Waals surface area contributed by atoms with E-state index >= 15 is 0 Å². The summed E-state index contributed by atoms with van der Waals surface area (Å²) in [6.07, 6.45) is 0. The minimum Gasteiger partial charge on any atom is -0.496 e. The van der Waals surface area contributed by atoms with E-state index in [1.165, 1.54) is 0 Å². The van der Waals surface area contributed by atoms with E-state index in [4.69, 9.17) is 16.3 Å². The van der Waals surface area contributed by atoms with Gasteiger partial charge in [0.2, 0.25) is 0 Å². The number of fused-ring (bicyclic) bond motifs is 1. The van der Waals surface area contributed by atoms with Crippen LogP contribution in [0.3, 0.4) is 0 Å². The molecule has 0 aliphatic carbocycles. The van der Waals surface area contributed by atoms with E-state index in [0.717, 1.165) is 22.3 Å². The second kappa shape index (κ2) is 3.84. The maximum atomic E-state index is 5.74. The van der Waals surface area contributed by atoms with Gasteiger partial charge in [-0.25, -0.2) is 0 Å². The lowest BCUT2D eigenvalue weighted by atomic mass is 10.2. The molecule has 0 radical (unpaired) electrons. The number of halogens is 1. The van der Waals surface area contributed by atoms with Gasteiger partial charge in [0.05, 0.1) is 24.2 Å². The molecule has 0 saturated heterocycles. The van der Waals surface area contributed by atoms with Gasteiger partial charge in [-0.2, -0.15) is 0 Å². The average Bonchev–Trinajstić information content (AvgIpc) is 2.27. The highest BCUT2D eigenvalue weighted by atomic mass is 35.5. The first-order valence-corrected chi connectivity index (χ1v) is 4.87. The number of methoxy groups -OCH3 is 1. The lowest BCUT2D eigenvalue weighted by Gasteiger charge is -2.06. The van der Waals surface area contributed by atoms with Crippen LogP contribution in [0.25, 0.3) is 10.9 Å². The molecule has 2 aromatic rings. The van der Waals surface area contributed by atoms with Gasteiger partial charge in [-0.1, -0.05) is 12.1 Å². The number of alkyl halides is 1. The molecule has 1 heterocycles. The van der Waals surface area contributed by atoms with Gasteiger partial charge in [0.1, 0.15) is 5.75 Å². The summed E-state index contributed by atoms with van der Waals surface area (Å²) in [7, 11) is 1.65. The Morgan fingerprint density at radius 1 is 1.36 bits per heavy atom. The SMILES string of the molecule is COc1cc(CCl)nc2ccccc12. The lowest BCUT2D eigenvalue weighted by Crippen LogP contribution is -1.91. The monoisotopic (exact) mass is 207 g/mol. The highest BCUT2D eigenvalue weighted by Crippen LogP contribution is 2.25. The molecule has 2 rings (SSSR count). The van der Waals surface area contributed by atoms with Crippen LogP contribution in [-0.4, -0.2) is 12.1 Å². The first kappa shape index (κ1) is 9.28. The van der Waals surface area contributed by atoms with Crippen LogP contribution in [0.4, 0.5) is 0 Å². The first-order valence-electron chi connectivity index (χ1n) is 4.34. The predicted molar refractivity (Wildman–Crippen MR) is 57.9 cm³/mol. The molecule has 72 valence electrons. The van der Waals surface area contributed by atoms with Crippen molar-refractivity contribution in [2.24, 2.45) is 0 Å². The largest absolute Gasteiger partial charge is 0.496 e. The highest BCUT2D eigenvalue weighted by molar-refractivity contribution is 6.17. The van der Waals surface area contributed by atoms with Gasteiger partial charge in [0.25, 0.3) is 0 Å². The van der Waals surface area contributed by atoms with Crippen molar-refractivity contribution in [2.75, 3.05) is 7.11 Å². The minimum atomic E-state index is 0.404. The molecule has 1 aromatic carbocycles. The molecule has 0 fully saturated rings. The Hall–Kier alpha value is -1.28. The molecule has 3 heteroatoms. The Bertz CT molecular complexity index is 456. The number of para-hydroxylation sites is 1. The Kier molecular flexibility index (Phi) is 2.55. The number of rotatable bonds is 2. The fourth-order valence-electron chi connectivity index (χ4n) is 1.43. The molecule has 1 aromatic heterocycles. The number of nitrogens with zero attached hydrogens (tertiary/aromatic N) is 1. The van der Waals surface area contributed by atoms with Gasteiger partial charge in [-0.05, 0) is 12.1 Å². The molecule has 0 spiro atoms. The van der Waals surface area contributed by atoms with E-state index in [9.17, 15) is 0 Å². The summed E-state index contributed by atoms with van der Waals surface area (Å²) in [5.41, 5.74) is 1.75. The Labute approximate surface area is 87.5 Å². The molecule has 0 N–H and O–H groups in total. The lowest BCUT2D eigenvalue weighted by molar-refractivity contribution is 0.419. The van der Waals surface area contributed by atoms with Gasteiger partial charge < -0.3 is 4.74 Å². The molecule has 0 amide bonds. The number of hydrogen-bond acceptors (Lipinski definition) is 2. The van der Waals surface area contributed by atoms with Gasteiger partial charge in [-0.15, -0.1) is 11.6 Å². The van der Waals surface area contributed by atoms with Gasteiger partial charge in [0, 0.05) is 11.5 Å². The Balaban J connectivity index is 2.73. The zero-order chi connectivity index (χ0) is 9.97. The molecule has 0 atom stereocenters. The van der Waals surface area contributed by atoms with E-state index in [1.54, 1.807) is 7.11 Å².